The van der Waals surface area contributed by atoms with Gasteiger partial charge in [0.05, 0.1) is 0 Å². The van der Waals surface area contributed by atoms with Crippen LogP contribution in [0.25, 0.3) is 0 Å². The van der Waals surface area contributed by atoms with Gasteiger partial charge < -0.3 is 20.3 Å². The van der Waals surface area contributed by atoms with E-state index < -0.39 is 12.8 Å². The van der Waals surface area contributed by atoms with Crippen LogP contribution in [-0.2, 0) is 11.3 Å². The third-order valence-electron chi connectivity index (χ3n) is 3.14. The van der Waals surface area contributed by atoms with E-state index in [1.165, 1.54) is 17.0 Å². The number of nitrogens with one attached hydrogen (secondary N) is 2. The molecule has 0 aliphatic heterocycles. The first-order valence-corrected chi connectivity index (χ1v) is 7.64. The van der Waals surface area contributed by atoms with Crippen molar-refractivity contribution >= 4 is 11.9 Å². The van der Waals surface area contributed by atoms with E-state index in [9.17, 15) is 18.0 Å². The van der Waals surface area contributed by atoms with Crippen LogP contribution in [0.3, 0.4) is 0 Å². The fourth-order valence-electron chi connectivity index (χ4n) is 1.79. The van der Waals surface area contributed by atoms with E-state index >= 15 is 0 Å². The largest absolute Gasteiger partial charge is 0.484 e. The van der Waals surface area contributed by atoms with Gasteiger partial charge in [-0.15, -0.1) is 0 Å². The number of aliphatic imine (C=N–C) groups is 1. The number of amides is 1. The molecule has 1 rings (SSSR count). The molecule has 0 aromatic heterocycles. The summed E-state index contributed by atoms with van der Waals surface area (Å²) >= 11 is 0. The maximum atomic E-state index is 12.1. The lowest BCUT2D eigenvalue weighted by Crippen LogP contribution is -2.38. The molecule has 6 nitrogen and oxygen atoms in total. The van der Waals surface area contributed by atoms with Gasteiger partial charge >= 0.3 is 6.18 Å². The number of halogens is 3. The van der Waals surface area contributed by atoms with Crippen LogP contribution in [0.5, 0.6) is 5.75 Å². The lowest BCUT2D eigenvalue weighted by Gasteiger charge is -2.14. The Hall–Kier alpha value is -2.45. The molecule has 140 valence electrons. The Morgan fingerprint density at radius 1 is 1.20 bits per heavy atom. The van der Waals surface area contributed by atoms with Crippen molar-refractivity contribution in [2.24, 2.45) is 4.99 Å². The average molecular weight is 360 g/mol. The predicted molar refractivity (Wildman–Crippen MR) is 89.5 cm³/mol. The molecular formula is C16H23F3N4O2. The smallest absolute Gasteiger partial charge is 0.422 e. The summed E-state index contributed by atoms with van der Waals surface area (Å²) in [5.41, 5.74) is 0.853. The Morgan fingerprint density at radius 2 is 1.84 bits per heavy atom. The van der Waals surface area contributed by atoms with Gasteiger partial charge in [0.1, 0.15) is 5.75 Å². The molecule has 25 heavy (non-hydrogen) atoms. The zero-order valence-corrected chi connectivity index (χ0v) is 14.5. The number of carbonyl (C=O) groups is 1. The number of benzene rings is 1. The van der Waals surface area contributed by atoms with Crippen LogP contribution in [0.4, 0.5) is 13.2 Å². The minimum absolute atomic E-state index is 0.0115. The Labute approximate surface area is 145 Å². The Bertz CT molecular complexity index is 572. The number of nitrogens with zero attached hydrogens (tertiary/aromatic N) is 2. The first-order chi connectivity index (χ1) is 11.7. The van der Waals surface area contributed by atoms with E-state index in [1.54, 1.807) is 33.3 Å². The minimum Gasteiger partial charge on any atom is -0.484 e. The van der Waals surface area contributed by atoms with E-state index in [-0.39, 0.29) is 11.7 Å². The highest BCUT2D eigenvalue weighted by molar-refractivity contribution is 5.81. The summed E-state index contributed by atoms with van der Waals surface area (Å²) in [7, 11) is 4.99. The number of guanidine groups is 1. The second-order valence-electron chi connectivity index (χ2n) is 5.44. The molecule has 1 aromatic rings. The van der Waals surface area contributed by atoms with Gasteiger partial charge in [0.15, 0.2) is 12.6 Å². The summed E-state index contributed by atoms with van der Waals surface area (Å²) in [6.45, 7) is -0.436. The molecule has 0 aliphatic rings. The van der Waals surface area contributed by atoms with Crippen molar-refractivity contribution in [1.82, 2.24) is 15.5 Å². The maximum absolute atomic E-state index is 12.1. The lowest BCUT2D eigenvalue weighted by molar-refractivity contribution is -0.153. The van der Waals surface area contributed by atoms with Crippen molar-refractivity contribution in [1.29, 1.82) is 0 Å². The Balaban J connectivity index is 2.39. The van der Waals surface area contributed by atoms with Gasteiger partial charge in [-0.05, 0) is 17.7 Å². The molecule has 2 N–H and O–H groups in total. The molecule has 0 saturated carbocycles. The van der Waals surface area contributed by atoms with E-state index in [0.29, 0.717) is 25.5 Å². The van der Waals surface area contributed by atoms with Crippen LogP contribution in [0.1, 0.15) is 12.0 Å². The van der Waals surface area contributed by atoms with Crippen molar-refractivity contribution in [2.45, 2.75) is 19.1 Å². The summed E-state index contributed by atoms with van der Waals surface area (Å²) < 4.78 is 40.9. The highest BCUT2D eigenvalue weighted by Crippen LogP contribution is 2.18. The highest BCUT2D eigenvalue weighted by Gasteiger charge is 2.28. The highest BCUT2D eigenvalue weighted by atomic mass is 19.4. The van der Waals surface area contributed by atoms with Gasteiger partial charge in [-0.25, -0.2) is 0 Å². The standard InChI is InChI=1S/C16H23F3N4O2/c1-20-15(21-9-8-14(24)23(2)3)22-10-12-4-6-13(7-5-12)25-11-16(17,18)19/h4-7H,8-11H2,1-3H3,(H2,20,21,22). The quantitative estimate of drug-likeness (QED) is 0.575. The molecule has 0 heterocycles. The molecular weight excluding hydrogens is 337 g/mol. The van der Waals surface area contributed by atoms with Gasteiger partial charge in [0.2, 0.25) is 5.91 Å². The molecule has 0 radical (unpaired) electrons. The van der Waals surface area contributed by atoms with Crippen molar-refractivity contribution in [3.05, 3.63) is 29.8 Å². The third kappa shape index (κ3) is 8.83. The van der Waals surface area contributed by atoms with Crippen molar-refractivity contribution < 1.29 is 22.7 Å². The number of hydrogen-bond donors (Lipinski definition) is 2. The number of rotatable bonds is 7. The van der Waals surface area contributed by atoms with E-state index in [2.05, 4.69) is 20.4 Å². The molecule has 1 aromatic carbocycles. The summed E-state index contributed by atoms with van der Waals surface area (Å²) in [5, 5.41) is 6.07. The third-order valence-corrected chi connectivity index (χ3v) is 3.14. The maximum Gasteiger partial charge on any atom is 0.422 e. The number of hydrogen-bond acceptors (Lipinski definition) is 3. The molecule has 0 atom stereocenters. The zero-order valence-electron chi connectivity index (χ0n) is 14.5. The van der Waals surface area contributed by atoms with Gasteiger partial charge in [0.25, 0.3) is 0 Å². The van der Waals surface area contributed by atoms with Crippen molar-refractivity contribution in [2.75, 3.05) is 34.3 Å². The van der Waals surface area contributed by atoms with Crippen LogP contribution in [0.2, 0.25) is 0 Å². The van der Waals surface area contributed by atoms with Crippen LogP contribution < -0.4 is 15.4 Å². The number of carbonyl (C=O) groups excluding carboxylic acids is 1. The fourth-order valence-corrected chi connectivity index (χ4v) is 1.79. The molecule has 0 bridgehead atoms. The second kappa shape index (κ2) is 9.75. The van der Waals surface area contributed by atoms with Gasteiger partial charge in [-0.3, -0.25) is 9.79 Å². The predicted octanol–water partition coefficient (Wildman–Crippen LogP) is 1.77. The molecule has 0 spiro atoms. The summed E-state index contributed by atoms with van der Waals surface area (Å²) in [6.07, 6.45) is -4.01. The van der Waals surface area contributed by atoms with Gasteiger partial charge in [-0.1, -0.05) is 12.1 Å². The SMILES string of the molecule is CN=C(NCCC(=O)N(C)C)NCc1ccc(OCC(F)(F)F)cc1. The van der Waals surface area contributed by atoms with Crippen molar-refractivity contribution in [3.8, 4) is 5.75 Å². The molecule has 0 aliphatic carbocycles. The lowest BCUT2D eigenvalue weighted by atomic mass is 10.2. The minimum atomic E-state index is -4.35. The molecule has 9 heteroatoms. The van der Waals surface area contributed by atoms with Crippen LogP contribution in [-0.4, -0.2) is 57.2 Å². The molecule has 1 amide bonds. The van der Waals surface area contributed by atoms with E-state index in [0.717, 1.165) is 5.56 Å². The number of alkyl halides is 3. The van der Waals surface area contributed by atoms with Gasteiger partial charge in [0, 0.05) is 40.7 Å². The summed E-state index contributed by atoms with van der Waals surface area (Å²) in [5.74, 6) is 0.701. The van der Waals surface area contributed by atoms with E-state index in [4.69, 9.17) is 0 Å². The second-order valence-corrected chi connectivity index (χ2v) is 5.44. The Kier molecular flexibility index (Phi) is 8.03. The zero-order chi connectivity index (χ0) is 18.9. The normalized spacial score (nSPS) is 11.8. The van der Waals surface area contributed by atoms with Crippen LogP contribution in [0.15, 0.2) is 29.3 Å². The average Bonchev–Trinajstić information content (AvgIpc) is 2.56. The number of ether oxygens (including phenoxy) is 1. The summed E-state index contributed by atoms with van der Waals surface area (Å²) in [4.78, 5) is 17.0. The van der Waals surface area contributed by atoms with Crippen molar-refractivity contribution in [3.63, 3.8) is 0 Å². The molecule has 0 fully saturated rings. The first kappa shape index (κ1) is 20.6. The van der Waals surface area contributed by atoms with Crippen LogP contribution >= 0.6 is 0 Å². The van der Waals surface area contributed by atoms with Crippen LogP contribution in [0, 0.1) is 0 Å². The molecule has 0 unspecified atom stereocenters. The fraction of sp³-hybridized carbons (Fsp3) is 0.500. The molecule has 0 saturated heterocycles. The monoisotopic (exact) mass is 360 g/mol. The van der Waals surface area contributed by atoms with E-state index in [1.807, 2.05) is 0 Å². The summed E-state index contributed by atoms with van der Waals surface area (Å²) in [6, 6.07) is 6.30. The first-order valence-electron chi connectivity index (χ1n) is 7.64. The van der Waals surface area contributed by atoms with Gasteiger partial charge in [-0.2, -0.15) is 13.2 Å². The Morgan fingerprint density at radius 3 is 2.36 bits per heavy atom. The topological polar surface area (TPSA) is 66.0 Å².